The highest BCUT2D eigenvalue weighted by molar-refractivity contribution is 7.19. The van der Waals surface area contributed by atoms with Crippen LogP contribution in [0.1, 0.15) is 43.4 Å². The van der Waals surface area contributed by atoms with Gasteiger partial charge in [-0.25, -0.2) is 0 Å². The summed E-state index contributed by atoms with van der Waals surface area (Å²) in [5.74, 6) is 0. The van der Waals surface area contributed by atoms with Crippen molar-refractivity contribution in [1.29, 1.82) is 0 Å². The smallest absolute Gasteiger partial charge is 0.0504 e. The van der Waals surface area contributed by atoms with Crippen molar-refractivity contribution in [1.82, 2.24) is 0 Å². The number of hydrogen-bond acceptors (Lipinski definition) is 2. The largest absolute Gasteiger partial charge is 0.321 e. The van der Waals surface area contributed by atoms with Gasteiger partial charge in [-0.15, -0.1) is 23.7 Å². The first-order valence-corrected chi connectivity index (χ1v) is 7.38. The van der Waals surface area contributed by atoms with Gasteiger partial charge in [0.1, 0.15) is 0 Å². The highest BCUT2D eigenvalue weighted by Crippen LogP contribution is 2.39. The van der Waals surface area contributed by atoms with E-state index in [-0.39, 0.29) is 17.9 Å². The highest BCUT2D eigenvalue weighted by atomic mass is 35.5. The van der Waals surface area contributed by atoms with Crippen molar-refractivity contribution in [3.63, 3.8) is 0 Å². The van der Waals surface area contributed by atoms with Gasteiger partial charge in [0.15, 0.2) is 0 Å². The number of rotatable bonds is 1. The van der Waals surface area contributed by atoms with Crippen LogP contribution < -0.4 is 5.73 Å². The first-order chi connectivity index (χ1) is 8.28. The molecule has 18 heavy (non-hydrogen) atoms. The predicted octanol–water partition coefficient (Wildman–Crippen LogP) is 4.83. The van der Waals surface area contributed by atoms with E-state index in [1.54, 1.807) is 0 Å². The Morgan fingerprint density at radius 1 is 1.00 bits per heavy atom. The van der Waals surface area contributed by atoms with Gasteiger partial charge in [0.25, 0.3) is 0 Å². The first kappa shape index (κ1) is 13.9. The van der Waals surface area contributed by atoms with Gasteiger partial charge >= 0.3 is 0 Å². The Labute approximate surface area is 119 Å². The molecule has 1 aliphatic carbocycles. The van der Waals surface area contributed by atoms with E-state index in [4.69, 9.17) is 5.73 Å². The molecule has 3 rings (SSSR count). The van der Waals surface area contributed by atoms with Crippen molar-refractivity contribution >= 4 is 33.8 Å². The van der Waals surface area contributed by atoms with E-state index in [1.165, 1.54) is 40.6 Å². The molecule has 0 atom stereocenters. The molecule has 1 fully saturated rings. The Morgan fingerprint density at radius 3 is 2.33 bits per heavy atom. The van der Waals surface area contributed by atoms with Crippen molar-refractivity contribution in [2.75, 3.05) is 0 Å². The van der Waals surface area contributed by atoms with Crippen LogP contribution in [0.4, 0.5) is 0 Å². The quantitative estimate of drug-likeness (QED) is 0.744. The van der Waals surface area contributed by atoms with Gasteiger partial charge in [0, 0.05) is 9.58 Å². The normalized spacial score (nSPS) is 19.2. The zero-order valence-corrected chi connectivity index (χ0v) is 12.2. The van der Waals surface area contributed by atoms with Crippen LogP contribution in [-0.4, -0.2) is 0 Å². The second kappa shape index (κ2) is 5.60. The van der Waals surface area contributed by atoms with E-state index in [0.29, 0.717) is 0 Å². The van der Waals surface area contributed by atoms with Crippen molar-refractivity contribution in [2.24, 2.45) is 5.73 Å². The molecule has 0 unspecified atom stereocenters. The molecule has 1 aliphatic rings. The van der Waals surface area contributed by atoms with Gasteiger partial charge in [-0.3, -0.25) is 0 Å². The summed E-state index contributed by atoms with van der Waals surface area (Å²) in [6, 6.07) is 10.9. The Bertz CT molecular complexity index is 479. The minimum atomic E-state index is -0.0554. The summed E-state index contributed by atoms with van der Waals surface area (Å²) in [5, 5.41) is 1.35. The summed E-state index contributed by atoms with van der Waals surface area (Å²) in [5.41, 5.74) is 6.60. The molecule has 0 radical (unpaired) electrons. The molecular weight excluding hydrogens is 262 g/mol. The van der Waals surface area contributed by atoms with Gasteiger partial charge in [0.05, 0.1) is 5.54 Å². The third kappa shape index (κ3) is 2.56. The number of halogens is 1. The molecule has 1 saturated carbocycles. The summed E-state index contributed by atoms with van der Waals surface area (Å²) < 4.78 is 1.37. The molecule has 98 valence electrons. The molecule has 0 spiro atoms. The second-order valence-corrected chi connectivity index (χ2v) is 6.30. The van der Waals surface area contributed by atoms with Crippen LogP contribution in [0.3, 0.4) is 0 Å². The summed E-state index contributed by atoms with van der Waals surface area (Å²) >= 11 is 1.89. The number of nitrogens with two attached hydrogens (primary N) is 1. The van der Waals surface area contributed by atoms with Crippen molar-refractivity contribution < 1.29 is 0 Å². The lowest BCUT2D eigenvalue weighted by Crippen LogP contribution is -2.34. The topological polar surface area (TPSA) is 26.0 Å². The van der Waals surface area contributed by atoms with Gasteiger partial charge in [0.2, 0.25) is 0 Å². The summed E-state index contributed by atoms with van der Waals surface area (Å²) in [6.07, 6.45) is 7.57. The Hall–Kier alpha value is -0.570. The zero-order valence-electron chi connectivity index (χ0n) is 10.5. The van der Waals surface area contributed by atoms with Gasteiger partial charge in [-0.05, 0) is 30.4 Å². The lowest BCUT2D eigenvalue weighted by atomic mass is 9.89. The zero-order chi connectivity index (χ0) is 11.7. The number of thiophene rings is 1. The van der Waals surface area contributed by atoms with Gasteiger partial charge in [-0.1, -0.05) is 43.9 Å². The molecule has 0 aliphatic heterocycles. The lowest BCUT2D eigenvalue weighted by Gasteiger charge is -2.26. The maximum absolute atomic E-state index is 6.65. The van der Waals surface area contributed by atoms with Crippen molar-refractivity contribution in [2.45, 2.75) is 44.1 Å². The molecule has 3 heteroatoms. The van der Waals surface area contributed by atoms with Crippen molar-refractivity contribution in [3.8, 4) is 0 Å². The molecule has 1 aromatic carbocycles. The average molecular weight is 282 g/mol. The summed E-state index contributed by atoms with van der Waals surface area (Å²) in [6.45, 7) is 0. The van der Waals surface area contributed by atoms with E-state index < -0.39 is 0 Å². The first-order valence-electron chi connectivity index (χ1n) is 6.56. The maximum atomic E-state index is 6.65. The van der Waals surface area contributed by atoms with Crippen molar-refractivity contribution in [3.05, 3.63) is 35.2 Å². The van der Waals surface area contributed by atoms with Gasteiger partial charge < -0.3 is 5.73 Å². The van der Waals surface area contributed by atoms with E-state index >= 15 is 0 Å². The number of fused-ring (bicyclic) bond motifs is 1. The molecule has 1 aromatic heterocycles. The highest BCUT2D eigenvalue weighted by Gasteiger charge is 2.29. The van der Waals surface area contributed by atoms with E-state index in [2.05, 4.69) is 30.3 Å². The monoisotopic (exact) mass is 281 g/mol. The fourth-order valence-corrected chi connectivity index (χ4v) is 4.05. The Kier molecular flexibility index (Phi) is 4.31. The minimum Gasteiger partial charge on any atom is -0.321 e. The molecule has 2 N–H and O–H groups in total. The van der Waals surface area contributed by atoms with Crippen LogP contribution in [0.25, 0.3) is 10.1 Å². The molecular formula is C15H20ClNS. The van der Waals surface area contributed by atoms with Crippen LogP contribution in [0, 0.1) is 0 Å². The summed E-state index contributed by atoms with van der Waals surface area (Å²) in [7, 11) is 0. The molecule has 1 heterocycles. The standard InChI is InChI=1S/C15H19NS.ClH/c16-15(9-5-1-2-6-10-15)14-11-12-7-3-4-8-13(12)17-14;/h3-4,7-8,11H,1-2,5-6,9-10,16H2;1H. The van der Waals surface area contributed by atoms with Crippen LogP contribution >= 0.6 is 23.7 Å². The molecule has 2 aromatic rings. The second-order valence-electron chi connectivity index (χ2n) is 5.22. The Balaban J connectivity index is 0.00000120. The molecule has 0 saturated heterocycles. The van der Waals surface area contributed by atoms with Crippen LogP contribution in [0.5, 0.6) is 0 Å². The Morgan fingerprint density at radius 2 is 1.67 bits per heavy atom. The fourth-order valence-electron chi connectivity index (χ4n) is 2.83. The van der Waals surface area contributed by atoms with Crippen LogP contribution in [-0.2, 0) is 5.54 Å². The third-order valence-electron chi connectivity index (χ3n) is 3.91. The van der Waals surface area contributed by atoms with E-state index in [0.717, 1.165) is 12.8 Å². The van der Waals surface area contributed by atoms with E-state index in [1.807, 2.05) is 11.3 Å². The van der Waals surface area contributed by atoms with E-state index in [9.17, 15) is 0 Å². The lowest BCUT2D eigenvalue weighted by molar-refractivity contribution is 0.393. The van der Waals surface area contributed by atoms with Crippen LogP contribution in [0.15, 0.2) is 30.3 Å². The van der Waals surface area contributed by atoms with Gasteiger partial charge in [-0.2, -0.15) is 0 Å². The molecule has 0 amide bonds. The summed E-state index contributed by atoms with van der Waals surface area (Å²) in [4.78, 5) is 1.39. The minimum absolute atomic E-state index is 0. The SMILES string of the molecule is Cl.NC1(c2cc3ccccc3s2)CCCCCC1. The van der Waals surface area contributed by atoms with Crippen LogP contribution in [0.2, 0.25) is 0 Å². The third-order valence-corrected chi connectivity index (χ3v) is 5.25. The average Bonchev–Trinajstić information content (AvgIpc) is 2.66. The predicted molar refractivity (Wildman–Crippen MR) is 82.6 cm³/mol. The number of benzene rings is 1. The molecule has 0 bridgehead atoms. The maximum Gasteiger partial charge on any atom is 0.0504 e. The fraction of sp³-hybridized carbons (Fsp3) is 0.467. The molecule has 1 nitrogen and oxygen atoms in total. The number of hydrogen-bond donors (Lipinski definition) is 1.